The molecule has 9 heteroatoms. The molecule has 0 saturated carbocycles. The molecule has 2 heterocycles. The lowest BCUT2D eigenvalue weighted by Crippen LogP contribution is -2.42. The van der Waals surface area contributed by atoms with Crippen LogP contribution < -0.4 is 10.6 Å². The van der Waals surface area contributed by atoms with Gasteiger partial charge in [0.15, 0.2) is 16.8 Å². The number of aliphatic hydroxyl groups excluding tert-OH is 1. The molecule has 0 amide bonds. The Morgan fingerprint density at radius 3 is 2.60 bits per heavy atom. The molecule has 3 N–H and O–H groups in total. The third-order valence-electron chi connectivity index (χ3n) is 4.29. The fraction of sp³-hybridized carbons (Fsp3) is 0.476. The van der Waals surface area contributed by atoms with E-state index in [1.165, 1.54) is 18.0 Å². The summed E-state index contributed by atoms with van der Waals surface area (Å²) in [5.41, 5.74) is 1.43. The lowest BCUT2D eigenvalue weighted by atomic mass is 10.1. The summed E-state index contributed by atoms with van der Waals surface area (Å²) in [5.74, 6) is -1.35. The summed E-state index contributed by atoms with van der Waals surface area (Å²) in [6.45, 7) is 10.6. The van der Waals surface area contributed by atoms with Gasteiger partial charge in [0.1, 0.15) is 0 Å². The van der Waals surface area contributed by atoms with E-state index in [1.54, 1.807) is 17.4 Å². The molecule has 1 aliphatic heterocycles. The van der Waals surface area contributed by atoms with Gasteiger partial charge < -0.3 is 20.0 Å². The van der Waals surface area contributed by atoms with Crippen LogP contribution in [-0.4, -0.2) is 32.1 Å². The van der Waals surface area contributed by atoms with Gasteiger partial charge in [0.2, 0.25) is 0 Å². The van der Waals surface area contributed by atoms with Gasteiger partial charge in [-0.25, -0.2) is 13.8 Å². The monoisotopic (exact) mass is 454 g/mol. The summed E-state index contributed by atoms with van der Waals surface area (Å²) >= 11 is 2.95. The van der Waals surface area contributed by atoms with E-state index in [9.17, 15) is 13.9 Å². The van der Waals surface area contributed by atoms with Crippen molar-refractivity contribution in [2.75, 3.05) is 11.9 Å². The van der Waals surface area contributed by atoms with Crippen LogP contribution in [-0.2, 0) is 12.3 Å². The second-order valence-electron chi connectivity index (χ2n) is 8.94. The Kier molecular flexibility index (Phi) is 6.64. The molecular weight excluding hydrogens is 426 g/mol. The molecule has 1 aromatic heterocycles. The van der Waals surface area contributed by atoms with E-state index < -0.39 is 17.2 Å². The normalized spacial score (nSPS) is 14.4. The van der Waals surface area contributed by atoms with Gasteiger partial charge in [0.25, 0.3) is 0 Å². The van der Waals surface area contributed by atoms with E-state index in [0.717, 1.165) is 27.5 Å². The molecule has 0 radical (unpaired) electrons. The maximum Gasteiger partial charge on any atom is 0.184 e. The van der Waals surface area contributed by atoms with Crippen LogP contribution in [0.3, 0.4) is 0 Å². The first-order chi connectivity index (χ1) is 14.0. The fourth-order valence-corrected chi connectivity index (χ4v) is 4.90. The van der Waals surface area contributed by atoms with Gasteiger partial charge >= 0.3 is 0 Å². The third kappa shape index (κ3) is 5.65. The zero-order chi connectivity index (χ0) is 22.1. The molecular formula is C21H28F2N4OS2. The predicted octanol–water partition coefficient (Wildman–Crippen LogP) is 4.95. The number of aromatic nitrogens is 1. The average Bonchev–Trinajstić information content (AvgIpc) is 3.03. The lowest BCUT2D eigenvalue weighted by Gasteiger charge is -2.31. The first-order valence-corrected chi connectivity index (χ1v) is 11.4. The molecule has 1 aliphatic rings. The summed E-state index contributed by atoms with van der Waals surface area (Å²) in [7, 11) is 0. The molecule has 164 valence electrons. The van der Waals surface area contributed by atoms with Crippen molar-refractivity contribution in [3.8, 4) is 0 Å². The van der Waals surface area contributed by atoms with Crippen molar-refractivity contribution in [2.45, 2.75) is 58.0 Å². The van der Waals surface area contributed by atoms with Gasteiger partial charge in [-0.05, 0) is 52.6 Å². The molecule has 3 rings (SSSR count). The number of thiazole rings is 1. The molecule has 30 heavy (non-hydrogen) atoms. The van der Waals surface area contributed by atoms with Crippen LogP contribution in [0.4, 0.5) is 13.9 Å². The Labute approximate surface area is 184 Å². The number of nitrogens with zero attached hydrogens (tertiary/aromatic N) is 2. The summed E-state index contributed by atoms with van der Waals surface area (Å²) in [6, 6.07) is 4.22. The minimum absolute atomic E-state index is 0.0345. The average molecular weight is 455 g/mol. The summed E-state index contributed by atoms with van der Waals surface area (Å²) in [6.07, 6.45) is 1.95. The molecule has 0 atom stereocenters. The first kappa shape index (κ1) is 22.8. The fourth-order valence-electron chi connectivity index (χ4n) is 2.83. The van der Waals surface area contributed by atoms with E-state index in [-0.39, 0.29) is 12.1 Å². The number of aliphatic hydroxyl groups is 1. The van der Waals surface area contributed by atoms with Gasteiger partial charge in [-0.15, -0.1) is 0 Å². The van der Waals surface area contributed by atoms with Crippen LogP contribution in [0.15, 0.2) is 24.4 Å². The van der Waals surface area contributed by atoms with Gasteiger partial charge in [-0.1, -0.05) is 23.5 Å². The molecule has 5 nitrogen and oxygen atoms in total. The van der Waals surface area contributed by atoms with Crippen LogP contribution in [0.1, 0.15) is 50.8 Å². The maximum atomic E-state index is 14.0. The molecule has 0 fully saturated rings. The third-order valence-corrected chi connectivity index (χ3v) is 6.34. The van der Waals surface area contributed by atoms with Crippen LogP contribution in [0.5, 0.6) is 0 Å². The Morgan fingerprint density at radius 1 is 1.20 bits per heavy atom. The number of nitrogens with one attached hydrogen (secondary N) is 2. The predicted molar refractivity (Wildman–Crippen MR) is 121 cm³/mol. The highest BCUT2D eigenvalue weighted by Gasteiger charge is 2.28. The quantitative estimate of drug-likeness (QED) is 0.515. The Morgan fingerprint density at radius 2 is 1.93 bits per heavy atom. The minimum Gasteiger partial charge on any atom is -0.394 e. The molecule has 0 unspecified atom stereocenters. The largest absolute Gasteiger partial charge is 0.394 e. The van der Waals surface area contributed by atoms with Crippen LogP contribution in [0.2, 0.25) is 0 Å². The topological polar surface area (TPSA) is 60.4 Å². The van der Waals surface area contributed by atoms with Crippen LogP contribution in [0.25, 0.3) is 5.70 Å². The zero-order valence-electron chi connectivity index (χ0n) is 17.8. The van der Waals surface area contributed by atoms with E-state index in [0.29, 0.717) is 17.9 Å². The van der Waals surface area contributed by atoms with Crippen LogP contribution >= 0.6 is 23.3 Å². The Hall–Kier alpha value is -1.84. The van der Waals surface area contributed by atoms with Crippen molar-refractivity contribution in [2.24, 2.45) is 0 Å². The maximum absolute atomic E-state index is 14.0. The van der Waals surface area contributed by atoms with Gasteiger partial charge in [-0.2, -0.15) is 0 Å². The standard InChI is InChI=1S/C21H28F2N4OS2/c1-20(2,3)26-19-24-15-9-27(29-11-13-7-6-8-14(22)17(13)23)10-16(18(15)30-19)25-21(4,5)12-28/h6-8,10,25,28H,9,11-12H2,1-5H3,(H,24,26). The minimum atomic E-state index is -0.839. The first-order valence-electron chi connectivity index (χ1n) is 9.69. The van der Waals surface area contributed by atoms with E-state index in [2.05, 4.69) is 31.4 Å². The number of rotatable bonds is 7. The molecule has 0 saturated heterocycles. The van der Waals surface area contributed by atoms with Crippen LogP contribution in [0, 0.1) is 11.6 Å². The van der Waals surface area contributed by atoms with Gasteiger partial charge in [0.05, 0.1) is 35.0 Å². The second-order valence-corrected chi connectivity index (χ2v) is 11.0. The number of hydrogen-bond donors (Lipinski definition) is 3. The highest BCUT2D eigenvalue weighted by atomic mass is 32.2. The van der Waals surface area contributed by atoms with Crippen molar-refractivity contribution >= 4 is 34.1 Å². The molecule has 1 aromatic carbocycles. The SMILES string of the molecule is CC(C)(C)Nc1nc2c(s1)C(NC(C)(C)CO)=CN(SCc1cccc(F)c1F)C2. The highest BCUT2D eigenvalue weighted by Crippen LogP contribution is 2.37. The Bertz CT molecular complexity index is 938. The molecule has 0 bridgehead atoms. The van der Waals surface area contributed by atoms with Crippen molar-refractivity contribution in [3.63, 3.8) is 0 Å². The number of fused-ring (bicyclic) bond motifs is 1. The van der Waals surface area contributed by atoms with Gasteiger partial charge in [-0.3, -0.25) is 0 Å². The Balaban J connectivity index is 1.84. The summed E-state index contributed by atoms with van der Waals surface area (Å²) < 4.78 is 29.5. The molecule has 0 spiro atoms. The smallest absolute Gasteiger partial charge is 0.184 e. The van der Waals surface area contributed by atoms with E-state index in [4.69, 9.17) is 4.98 Å². The number of anilines is 1. The zero-order valence-corrected chi connectivity index (χ0v) is 19.5. The molecule has 0 aliphatic carbocycles. The number of hydrogen-bond acceptors (Lipinski definition) is 7. The highest BCUT2D eigenvalue weighted by molar-refractivity contribution is 7.96. The second kappa shape index (κ2) is 8.72. The number of halogens is 2. The van der Waals surface area contributed by atoms with E-state index >= 15 is 0 Å². The lowest BCUT2D eigenvalue weighted by molar-refractivity contribution is 0.204. The van der Waals surface area contributed by atoms with Gasteiger partial charge in [0, 0.05) is 23.1 Å². The van der Waals surface area contributed by atoms with Crippen molar-refractivity contribution in [1.29, 1.82) is 0 Å². The molecule has 2 aromatic rings. The summed E-state index contributed by atoms with van der Waals surface area (Å²) in [5, 5.41) is 17.3. The summed E-state index contributed by atoms with van der Waals surface area (Å²) in [4.78, 5) is 5.77. The van der Waals surface area contributed by atoms with Crippen molar-refractivity contribution in [3.05, 3.63) is 52.2 Å². The van der Waals surface area contributed by atoms with Crippen molar-refractivity contribution in [1.82, 2.24) is 14.6 Å². The van der Waals surface area contributed by atoms with Crippen molar-refractivity contribution < 1.29 is 13.9 Å². The number of benzene rings is 1. The van der Waals surface area contributed by atoms with E-state index in [1.807, 2.05) is 24.4 Å².